The Bertz CT molecular complexity index is 1240. The summed E-state index contributed by atoms with van der Waals surface area (Å²) in [5.74, 6) is 0.955. The predicted octanol–water partition coefficient (Wildman–Crippen LogP) is 3.63. The fourth-order valence-electron chi connectivity index (χ4n) is 3.08. The van der Waals surface area contributed by atoms with Crippen molar-refractivity contribution in [2.75, 3.05) is 19.5 Å². The number of methoxy groups -OCH3 is 1. The first-order valence-electron chi connectivity index (χ1n) is 9.56. The highest BCUT2D eigenvalue weighted by molar-refractivity contribution is 6.31. The molecule has 32 heavy (non-hydrogen) atoms. The summed E-state index contributed by atoms with van der Waals surface area (Å²) < 4.78 is 12.7. The van der Waals surface area contributed by atoms with Crippen LogP contribution in [0.1, 0.15) is 22.4 Å². The minimum Gasteiger partial charge on any atom is -0.493 e. The van der Waals surface area contributed by atoms with Crippen LogP contribution >= 0.6 is 11.6 Å². The van der Waals surface area contributed by atoms with Crippen molar-refractivity contribution in [3.8, 4) is 23.6 Å². The van der Waals surface area contributed by atoms with Crippen molar-refractivity contribution in [3.05, 3.63) is 69.9 Å². The lowest BCUT2D eigenvalue weighted by molar-refractivity contribution is 0.270. The predicted molar refractivity (Wildman–Crippen MR) is 121 cm³/mol. The van der Waals surface area contributed by atoms with Gasteiger partial charge in [0.2, 0.25) is 0 Å². The van der Waals surface area contributed by atoms with E-state index >= 15 is 0 Å². The van der Waals surface area contributed by atoms with Crippen LogP contribution in [0, 0.1) is 22.7 Å². The number of aliphatic hydroxyl groups is 1. The van der Waals surface area contributed by atoms with Gasteiger partial charge in [0.15, 0.2) is 11.5 Å². The maximum absolute atomic E-state index is 9.80. The zero-order chi connectivity index (χ0) is 23.1. The van der Waals surface area contributed by atoms with Gasteiger partial charge in [-0.25, -0.2) is 4.68 Å². The van der Waals surface area contributed by atoms with E-state index in [1.54, 1.807) is 30.3 Å². The summed E-state index contributed by atoms with van der Waals surface area (Å²) in [6.07, 6.45) is 1.55. The maximum Gasteiger partial charge on any atom is 0.168 e. The number of nitrogens with zero attached hydrogens (tertiary/aromatic N) is 4. The van der Waals surface area contributed by atoms with Crippen LogP contribution in [-0.2, 0) is 13.2 Å². The average molecular weight is 450 g/mol. The van der Waals surface area contributed by atoms with Gasteiger partial charge >= 0.3 is 0 Å². The second-order valence-corrected chi connectivity index (χ2v) is 7.00. The summed E-state index contributed by atoms with van der Waals surface area (Å²) >= 11 is 6.23. The molecule has 0 radical (unpaired) electrons. The van der Waals surface area contributed by atoms with Crippen molar-refractivity contribution < 1.29 is 14.6 Å². The fourth-order valence-corrected chi connectivity index (χ4v) is 3.27. The summed E-state index contributed by atoms with van der Waals surface area (Å²) in [5, 5.41) is 33.3. The van der Waals surface area contributed by atoms with Gasteiger partial charge in [0.05, 0.1) is 25.8 Å². The van der Waals surface area contributed by atoms with Gasteiger partial charge < -0.3 is 20.3 Å². The Hall–Kier alpha value is -3.98. The molecule has 0 atom stereocenters. The molecule has 9 heteroatoms. The minimum absolute atomic E-state index is 0.0627. The molecular formula is C23H20ClN5O3. The normalized spacial score (nSPS) is 11.0. The Morgan fingerprint density at radius 3 is 2.69 bits per heavy atom. The Labute approximate surface area is 190 Å². The zero-order valence-corrected chi connectivity index (χ0v) is 18.0. The smallest absolute Gasteiger partial charge is 0.168 e. The molecule has 1 aromatic heterocycles. The van der Waals surface area contributed by atoms with Crippen molar-refractivity contribution in [2.24, 2.45) is 0 Å². The summed E-state index contributed by atoms with van der Waals surface area (Å²) in [5.41, 5.74) is 7.60. The van der Waals surface area contributed by atoms with Crippen molar-refractivity contribution in [2.45, 2.75) is 13.2 Å². The van der Waals surface area contributed by atoms with Crippen molar-refractivity contribution in [1.29, 1.82) is 10.5 Å². The van der Waals surface area contributed by atoms with Gasteiger partial charge in [0.25, 0.3) is 0 Å². The van der Waals surface area contributed by atoms with Crippen LogP contribution in [-0.4, -0.2) is 28.6 Å². The van der Waals surface area contributed by atoms with Crippen LogP contribution in [0.5, 0.6) is 11.5 Å². The van der Waals surface area contributed by atoms with E-state index in [-0.39, 0.29) is 42.4 Å². The average Bonchev–Trinajstić information content (AvgIpc) is 3.12. The molecule has 0 aliphatic rings. The zero-order valence-electron chi connectivity index (χ0n) is 17.2. The van der Waals surface area contributed by atoms with Gasteiger partial charge in [-0.15, -0.1) is 0 Å². The van der Waals surface area contributed by atoms with Crippen LogP contribution < -0.4 is 15.2 Å². The van der Waals surface area contributed by atoms with Crippen molar-refractivity contribution >= 4 is 29.1 Å². The lowest BCUT2D eigenvalue weighted by Crippen LogP contribution is -2.07. The summed E-state index contributed by atoms with van der Waals surface area (Å²) in [7, 11) is 1.52. The van der Waals surface area contributed by atoms with E-state index < -0.39 is 0 Å². The van der Waals surface area contributed by atoms with E-state index in [4.69, 9.17) is 26.8 Å². The van der Waals surface area contributed by atoms with Crippen LogP contribution in [0.2, 0.25) is 5.02 Å². The number of anilines is 1. The molecule has 0 bridgehead atoms. The number of hydrogen-bond donors (Lipinski definition) is 2. The highest BCUT2D eigenvalue weighted by Crippen LogP contribution is 2.35. The molecule has 0 aliphatic carbocycles. The molecule has 0 saturated carbocycles. The molecule has 1 heterocycles. The number of hydrogen-bond acceptors (Lipinski definition) is 7. The molecule has 3 aromatic rings. The van der Waals surface area contributed by atoms with Gasteiger partial charge in [0.1, 0.15) is 35.8 Å². The van der Waals surface area contributed by atoms with Gasteiger partial charge in [-0.05, 0) is 18.2 Å². The largest absolute Gasteiger partial charge is 0.493 e. The number of para-hydroxylation sites is 1. The van der Waals surface area contributed by atoms with Gasteiger partial charge in [-0.3, -0.25) is 0 Å². The highest BCUT2D eigenvalue weighted by atomic mass is 35.5. The minimum atomic E-state index is -0.211. The van der Waals surface area contributed by atoms with Crippen molar-refractivity contribution in [1.82, 2.24) is 9.78 Å². The third-order valence-electron chi connectivity index (χ3n) is 4.65. The van der Waals surface area contributed by atoms with E-state index in [0.717, 1.165) is 5.56 Å². The van der Waals surface area contributed by atoms with E-state index in [0.29, 0.717) is 22.1 Å². The Morgan fingerprint density at radius 2 is 2.03 bits per heavy atom. The van der Waals surface area contributed by atoms with Gasteiger partial charge in [-0.1, -0.05) is 41.9 Å². The number of rotatable bonds is 8. The van der Waals surface area contributed by atoms with E-state index in [1.165, 1.54) is 11.8 Å². The monoisotopic (exact) mass is 449 g/mol. The first-order chi connectivity index (χ1) is 15.5. The van der Waals surface area contributed by atoms with Gasteiger partial charge in [0, 0.05) is 16.1 Å². The maximum atomic E-state index is 9.80. The van der Waals surface area contributed by atoms with Crippen LogP contribution in [0.25, 0.3) is 11.6 Å². The number of ether oxygens (including phenoxy) is 2. The topological polar surface area (TPSA) is 130 Å². The molecule has 162 valence electrons. The highest BCUT2D eigenvalue weighted by Gasteiger charge is 2.20. The number of allylic oxidation sites excluding steroid dienone is 1. The third-order valence-corrected chi connectivity index (χ3v) is 5.02. The fraction of sp³-hybridized carbons (Fsp3) is 0.174. The van der Waals surface area contributed by atoms with Crippen LogP contribution in [0.15, 0.2) is 42.5 Å². The summed E-state index contributed by atoms with van der Waals surface area (Å²) in [4.78, 5) is 0. The number of nitrogens with two attached hydrogens (primary N) is 1. The lowest BCUT2D eigenvalue weighted by Gasteiger charge is -2.14. The van der Waals surface area contributed by atoms with Crippen LogP contribution in [0.3, 0.4) is 0 Å². The first-order valence-corrected chi connectivity index (χ1v) is 9.94. The van der Waals surface area contributed by atoms with Gasteiger partial charge in [-0.2, -0.15) is 15.6 Å². The molecule has 0 amide bonds. The lowest BCUT2D eigenvalue weighted by atomic mass is 10.0. The summed E-state index contributed by atoms with van der Waals surface area (Å²) in [6, 6.07) is 16.6. The Kier molecular flexibility index (Phi) is 7.35. The second kappa shape index (κ2) is 10.4. The van der Waals surface area contributed by atoms with E-state index in [1.807, 2.05) is 24.3 Å². The second-order valence-electron chi connectivity index (χ2n) is 6.60. The standard InChI is InChI=1S/C23H20ClN5O3/c1-31-20-8-4-6-15(22(20)32-14-16-5-2-3-7-19(16)24)11-17(12-25)21-18(13-26)23(27)29(28-21)9-10-30/h2-8,11,30H,9-10,14,27H2,1H3/b17-11+. The molecule has 0 fully saturated rings. The molecule has 0 unspecified atom stereocenters. The van der Waals surface area contributed by atoms with Crippen molar-refractivity contribution in [3.63, 3.8) is 0 Å². The first kappa shape index (κ1) is 22.7. The number of aliphatic hydroxyl groups excluding tert-OH is 1. The molecular weight excluding hydrogens is 430 g/mol. The number of benzene rings is 2. The van der Waals surface area contributed by atoms with E-state index in [2.05, 4.69) is 11.2 Å². The number of nitriles is 2. The number of halogens is 1. The molecule has 2 aromatic carbocycles. The third kappa shape index (κ3) is 4.68. The van der Waals surface area contributed by atoms with Crippen LogP contribution in [0.4, 0.5) is 5.82 Å². The SMILES string of the molecule is COc1cccc(/C=C(\C#N)c2nn(CCO)c(N)c2C#N)c1OCc1ccccc1Cl. The molecule has 3 N–H and O–H groups in total. The number of aromatic nitrogens is 2. The molecule has 3 rings (SSSR count). The summed E-state index contributed by atoms with van der Waals surface area (Å²) in [6.45, 7) is 0.0760. The Morgan fingerprint density at radius 1 is 1.25 bits per heavy atom. The molecule has 0 spiro atoms. The molecule has 0 saturated heterocycles. The molecule has 8 nitrogen and oxygen atoms in total. The Balaban J connectivity index is 2.05. The number of nitrogen functional groups attached to an aromatic ring is 1. The quantitative estimate of drug-likeness (QED) is 0.502. The molecule has 0 aliphatic heterocycles. The van der Waals surface area contributed by atoms with E-state index in [9.17, 15) is 15.6 Å².